The number of amides is 1. The molecule has 2 rings (SSSR count). The lowest BCUT2D eigenvalue weighted by Gasteiger charge is -2.18. The largest absolute Gasteiger partial charge is 0.433 e. The van der Waals surface area contributed by atoms with E-state index in [0.29, 0.717) is 6.54 Å². The van der Waals surface area contributed by atoms with Crippen LogP contribution in [-0.2, 0) is 12.7 Å². The lowest BCUT2D eigenvalue weighted by Crippen LogP contribution is -2.26. The summed E-state index contributed by atoms with van der Waals surface area (Å²) < 4.78 is 37.4. The molecular formula is C16H15F3N2O. The lowest BCUT2D eigenvalue weighted by atomic mass is 10.1. The molecule has 0 aliphatic rings. The zero-order chi connectivity index (χ0) is 16.3. The number of alkyl halides is 3. The maximum Gasteiger partial charge on any atom is 0.433 e. The number of aromatic nitrogens is 1. The molecule has 0 saturated heterocycles. The Kier molecular flexibility index (Phi) is 4.49. The quantitative estimate of drug-likeness (QED) is 0.866. The molecule has 0 aliphatic heterocycles. The molecule has 0 atom stereocenters. The van der Waals surface area contributed by atoms with Gasteiger partial charge < -0.3 is 4.90 Å². The van der Waals surface area contributed by atoms with Crippen LogP contribution in [0.2, 0.25) is 0 Å². The molecule has 1 amide bonds. The third-order valence-electron chi connectivity index (χ3n) is 3.32. The molecule has 3 nitrogen and oxygen atoms in total. The van der Waals surface area contributed by atoms with Gasteiger partial charge in [-0.15, -0.1) is 0 Å². The standard InChI is InChI=1S/C16H15F3N2O/c1-11-5-3-4-6-13(11)10-21(2)15(22)12-7-8-14(20-9-12)16(17,18)19/h3-9H,10H2,1-2H3. The van der Waals surface area contributed by atoms with Crippen LogP contribution in [0.25, 0.3) is 0 Å². The van der Waals surface area contributed by atoms with Gasteiger partial charge in [0.2, 0.25) is 0 Å². The molecule has 22 heavy (non-hydrogen) atoms. The average Bonchev–Trinajstić information content (AvgIpc) is 2.48. The second kappa shape index (κ2) is 6.17. The van der Waals surface area contributed by atoms with Gasteiger partial charge in [-0.2, -0.15) is 13.2 Å². The van der Waals surface area contributed by atoms with Gasteiger partial charge in [-0.1, -0.05) is 24.3 Å². The van der Waals surface area contributed by atoms with Crippen LogP contribution in [0, 0.1) is 6.92 Å². The molecule has 0 saturated carbocycles. The monoisotopic (exact) mass is 308 g/mol. The Bertz CT molecular complexity index is 666. The van der Waals surface area contributed by atoms with Gasteiger partial charge in [0, 0.05) is 19.8 Å². The maximum atomic E-state index is 12.5. The molecular weight excluding hydrogens is 293 g/mol. The highest BCUT2D eigenvalue weighted by Crippen LogP contribution is 2.27. The van der Waals surface area contributed by atoms with Crippen molar-refractivity contribution in [1.29, 1.82) is 0 Å². The minimum atomic E-state index is -4.51. The van der Waals surface area contributed by atoms with Crippen molar-refractivity contribution in [3.63, 3.8) is 0 Å². The van der Waals surface area contributed by atoms with Gasteiger partial charge in [-0.25, -0.2) is 0 Å². The Morgan fingerprint density at radius 1 is 1.18 bits per heavy atom. The number of halogens is 3. The molecule has 1 aromatic carbocycles. The van der Waals surface area contributed by atoms with E-state index in [0.717, 1.165) is 29.5 Å². The highest BCUT2D eigenvalue weighted by molar-refractivity contribution is 5.93. The number of hydrogen-bond acceptors (Lipinski definition) is 2. The molecule has 0 unspecified atom stereocenters. The Labute approximate surface area is 126 Å². The van der Waals surface area contributed by atoms with Crippen LogP contribution in [-0.4, -0.2) is 22.8 Å². The van der Waals surface area contributed by atoms with Crippen LogP contribution in [0.1, 0.15) is 27.2 Å². The van der Waals surface area contributed by atoms with Crippen molar-refractivity contribution < 1.29 is 18.0 Å². The molecule has 116 valence electrons. The third kappa shape index (κ3) is 3.63. The first-order valence-electron chi connectivity index (χ1n) is 6.62. The smallest absolute Gasteiger partial charge is 0.337 e. The lowest BCUT2D eigenvalue weighted by molar-refractivity contribution is -0.141. The van der Waals surface area contributed by atoms with Crippen LogP contribution >= 0.6 is 0 Å². The van der Waals surface area contributed by atoms with Gasteiger partial charge in [-0.3, -0.25) is 9.78 Å². The summed E-state index contributed by atoms with van der Waals surface area (Å²) in [7, 11) is 1.60. The number of rotatable bonds is 3. The van der Waals surface area contributed by atoms with E-state index in [1.807, 2.05) is 31.2 Å². The molecule has 1 aromatic heterocycles. The van der Waals surface area contributed by atoms with Gasteiger partial charge >= 0.3 is 6.18 Å². The first-order chi connectivity index (χ1) is 10.3. The summed E-state index contributed by atoms with van der Waals surface area (Å²) in [5.41, 5.74) is 1.15. The molecule has 0 N–H and O–H groups in total. The highest BCUT2D eigenvalue weighted by atomic mass is 19.4. The number of nitrogens with zero attached hydrogens (tertiary/aromatic N) is 2. The van der Waals surface area contributed by atoms with Gasteiger partial charge in [0.05, 0.1) is 5.56 Å². The predicted octanol–water partition coefficient (Wildman–Crippen LogP) is 3.68. The highest BCUT2D eigenvalue weighted by Gasteiger charge is 2.32. The van der Waals surface area contributed by atoms with Gasteiger partial charge in [0.25, 0.3) is 5.91 Å². The van der Waals surface area contributed by atoms with Crippen molar-refractivity contribution in [2.24, 2.45) is 0 Å². The van der Waals surface area contributed by atoms with Crippen molar-refractivity contribution in [2.75, 3.05) is 7.05 Å². The molecule has 6 heteroatoms. The normalized spacial score (nSPS) is 11.3. The number of hydrogen-bond donors (Lipinski definition) is 0. The Hall–Kier alpha value is -2.37. The van der Waals surface area contributed by atoms with Crippen molar-refractivity contribution in [3.8, 4) is 0 Å². The Morgan fingerprint density at radius 2 is 1.86 bits per heavy atom. The van der Waals surface area contributed by atoms with E-state index in [2.05, 4.69) is 4.98 Å². The fourth-order valence-electron chi connectivity index (χ4n) is 2.02. The van der Waals surface area contributed by atoms with E-state index in [1.54, 1.807) is 7.05 Å². The molecule has 0 bridgehead atoms. The van der Waals surface area contributed by atoms with Crippen LogP contribution in [0.4, 0.5) is 13.2 Å². The molecule has 1 heterocycles. The fourth-order valence-corrected chi connectivity index (χ4v) is 2.02. The zero-order valence-electron chi connectivity index (χ0n) is 12.2. The maximum absolute atomic E-state index is 12.5. The summed E-state index contributed by atoms with van der Waals surface area (Å²) in [6.07, 6.45) is -3.55. The number of pyridine rings is 1. The van der Waals surface area contributed by atoms with E-state index in [9.17, 15) is 18.0 Å². The third-order valence-corrected chi connectivity index (χ3v) is 3.32. The van der Waals surface area contributed by atoms with E-state index in [-0.39, 0.29) is 11.5 Å². The van der Waals surface area contributed by atoms with Crippen molar-refractivity contribution in [2.45, 2.75) is 19.6 Å². The van der Waals surface area contributed by atoms with Crippen LogP contribution in [0.15, 0.2) is 42.6 Å². The van der Waals surface area contributed by atoms with E-state index < -0.39 is 11.9 Å². The predicted molar refractivity (Wildman–Crippen MR) is 76.2 cm³/mol. The number of benzene rings is 1. The summed E-state index contributed by atoms with van der Waals surface area (Å²) in [6.45, 7) is 2.32. The van der Waals surface area contributed by atoms with Crippen molar-refractivity contribution >= 4 is 5.91 Å². The van der Waals surface area contributed by atoms with Crippen LogP contribution in [0.3, 0.4) is 0 Å². The second-order valence-electron chi connectivity index (χ2n) is 5.02. The summed E-state index contributed by atoms with van der Waals surface area (Å²) in [6, 6.07) is 9.58. The van der Waals surface area contributed by atoms with Crippen LogP contribution < -0.4 is 0 Å². The summed E-state index contributed by atoms with van der Waals surface area (Å²) in [5.74, 6) is -0.371. The molecule has 0 radical (unpaired) electrons. The van der Waals surface area contributed by atoms with Gasteiger partial charge in [0.1, 0.15) is 5.69 Å². The number of carbonyl (C=O) groups is 1. The van der Waals surface area contributed by atoms with Crippen LogP contribution in [0.5, 0.6) is 0 Å². The topological polar surface area (TPSA) is 33.2 Å². The van der Waals surface area contributed by atoms with E-state index in [1.165, 1.54) is 4.90 Å². The number of aryl methyl sites for hydroxylation is 1. The fraction of sp³-hybridized carbons (Fsp3) is 0.250. The number of carbonyl (C=O) groups excluding carboxylic acids is 1. The summed E-state index contributed by atoms with van der Waals surface area (Å²) in [5, 5.41) is 0. The zero-order valence-corrected chi connectivity index (χ0v) is 12.2. The Morgan fingerprint density at radius 3 is 2.41 bits per heavy atom. The molecule has 0 aliphatic carbocycles. The van der Waals surface area contributed by atoms with Gasteiger partial charge in [-0.05, 0) is 30.2 Å². The molecule has 0 spiro atoms. The molecule has 0 fully saturated rings. The van der Waals surface area contributed by atoms with Gasteiger partial charge in [0.15, 0.2) is 0 Å². The Balaban J connectivity index is 2.12. The van der Waals surface area contributed by atoms with Crippen molar-refractivity contribution in [1.82, 2.24) is 9.88 Å². The first-order valence-corrected chi connectivity index (χ1v) is 6.62. The molecule has 2 aromatic rings. The minimum Gasteiger partial charge on any atom is -0.337 e. The van der Waals surface area contributed by atoms with E-state index in [4.69, 9.17) is 0 Å². The van der Waals surface area contributed by atoms with Crippen molar-refractivity contribution in [3.05, 3.63) is 65.0 Å². The SMILES string of the molecule is Cc1ccccc1CN(C)C(=O)c1ccc(C(F)(F)F)nc1. The van der Waals surface area contributed by atoms with E-state index >= 15 is 0 Å². The average molecular weight is 308 g/mol. The summed E-state index contributed by atoms with van der Waals surface area (Å²) in [4.78, 5) is 17.0. The summed E-state index contributed by atoms with van der Waals surface area (Å²) >= 11 is 0. The first kappa shape index (κ1) is 16.0. The minimum absolute atomic E-state index is 0.129. The second-order valence-corrected chi connectivity index (χ2v) is 5.02.